The molecule has 6 nitrogen and oxygen atoms in total. The van der Waals surface area contributed by atoms with Gasteiger partial charge in [0.25, 0.3) is 10.2 Å². The van der Waals surface area contributed by atoms with Crippen LogP contribution in [0.1, 0.15) is 20.3 Å². The first-order valence-corrected chi connectivity index (χ1v) is 5.54. The maximum absolute atomic E-state index is 11.4. The van der Waals surface area contributed by atoms with E-state index in [1.54, 1.807) is 6.92 Å². The molecule has 84 valence electrons. The number of hydrogen-bond acceptors (Lipinski definition) is 3. The third-order valence-corrected chi connectivity index (χ3v) is 3.68. The van der Waals surface area contributed by atoms with Crippen LogP contribution in [0.2, 0.25) is 0 Å². The average Bonchev–Trinajstić information content (AvgIpc) is 2.02. The molecule has 14 heavy (non-hydrogen) atoms. The van der Waals surface area contributed by atoms with E-state index in [1.165, 1.54) is 21.0 Å². The number of nitrogens with one attached hydrogen (secondary N) is 1. The van der Waals surface area contributed by atoms with Crippen LogP contribution in [0.4, 0.5) is 0 Å². The van der Waals surface area contributed by atoms with Gasteiger partial charge in [0.15, 0.2) is 0 Å². The van der Waals surface area contributed by atoms with Crippen LogP contribution in [0, 0.1) is 0 Å². The van der Waals surface area contributed by atoms with Crippen molar-refractivity contribution in [3.63, 3.8) is 0 Å². The molecule has 0 heterocycles. The van der Waals surface area contributed by atoms with Crippen LogP contribution in [0.5, 0.6) is 0 Å². The number of carbonyl (C=O) groups is 1. The van der Waals surface area contributed by atoms with Gasteiger partial charge >= 0.3 is 5.97 Å². The first kappa shape index (κ1) is 13.3. The van der Waals surface area contributed by atoms with Gasteiger partial charge in [0.1, 0.15) is 5.54 Å². The molecule has 0 aliphatic carbocycles. The predicted octanol–water partition coefficient (Wildman–Crippen LogP) is -0.364. The van der Waals surface area contributed by atoms with E-state index >= 15 is 0 Å². The van der Waals surface area contributed by atoms with Gasteiger partial charge in [-0.15, -0.1) is 0 Å². The summed E-state index contributed by atoms with van der Waals surface area (Å²) < 4.78 is 25.8. The Hall–Kier alpha value is -0.660. The topological polar surface area (TPSA) is 86.7 Å². The quantitative estimate of drug-likeness (QED) is 0.667. The van der Waals surface area contributed by atoms with Crippen LogP contribution in [-0.2, 0) is 15.0 Å². The van der Waals surface area contributed by atoms with Gasteiger partial charge in [0.2, 0.25) is 0 Å². The van der Waals surface area contributed by atoms with E-state index in [2.05, 4.69) is 4.72 Å². The lowest BCUT2D eigenvalue weighted by atomic mass is 10.0. The molecule has 0 radical (unpaired) electrons. The molecule has 0 rings (SSSR count). The Balaban J connectivity index is 4.90. The molecule has 1 atom stereocenters. The summed E-state index contributed by atoms with van der Waals surface area (Å²) in [7, 11) is -1.04. The second kappa shape index (κ2) is 4.24. The molecule has 2 N–H and O–H groups in total. The van der Waals surface area contributed by atoms with Crippen molar-refractivity contribution in [2.45, 2.75) is 25.8 Å². The Morgan fingerprint density at radius 1 is 1.50 bits per heavy atom. The van der Waals surface area contributed by atoms with E-state index < -0.39 is 21.7 Å². The molecule has 0 fully saturated rings. The molecular weight excluding hydrogens is 208 g/mol. The van der Waals surface area contributed by atoms with E-state index in [4.69, 9.17) is 5.11 Å². The van der Waals surface area contributed by atoms with Crippen molar-refractivity contribution in [3.05, 3.63) is 0 Å². The number of nitrogens with zero attached hydrogens (tertiary/aromatic N) is 1. The van der Waals surface area contributed by atoms with Crippen LogP contribution < -0.4 is 4.72 Å². The number of aliphatic carboxylic acids is 1. The summed E-state index contributed by atoms with van der Waals surface area (Å²) in [6.45, 7) is 2.93. The molecule has 0 aromatic rings. The molecule has 0 bridgehead atoms. The number of hydrogen-bond donors (Lipinski definition) is 2. The van der Waals surface area contributed by atoms with E-state index in [-0.39, 0.29) is 6.42 Å². The molecule has 0 amide bonds. The summed E-state index contributed by atoms with van der Waals surface area (Å²) in [4.78, 5) is 10.8. The first-order valence-electron chi connectivity index (χ1n) is 4.10. The molecule has 0 aliphatic rings. The Morgan fingerprint density at radius 3 is 2.14 bits per heavy atom. The number of carboxylic acid groups (broad SMARTS) is 1. The summed E-state index contributed by atoms with van der Waals surface area (Å²) in [6.07, 6.45) is 0.176. The largest absolute Gasteiger partial charge is 0.480 e. The fourth-order valence-corrected chi connectivity index (χ4v) is 1.63. The van der Waals surface area contributed by atoms with Gasteiger partial charge in [-0.25, -0.2) is 0 Å². The van der Waals surface area contributed by atoms with E-state index in [0.717, 1.165) is 4.31 Å². The Labute approximate surface area is 84.1 Å². The van der Waals surface area contributed by atoms with E-state index in [0.29, 0.717) is 0 Å². The van der Waals surface area contributed by atoms with Crippen molar-refractivity contribution in [1.82, 2.24) is 9.03 Å². The molecule has 7 heteroatoms. The SMILES string of the molecule is CCC(C)(NS(=O)(=O)N(C)C)C(=O)O. The Morgan fingerprint density at radius 2 is 1.93 bits per heavy atom. The Bertz CT molecular complexity index is 312. The smallest absolute Gasteiger partial charge is 0.324 e. The summed E-state index contributed by atoms with van der Waals surface area (Å²) in [5.74, 6) is -1.19. The summed E-state index contributed by atoms with van der Waals surface area (Å²) >= 11 is 0. The minimum Gasteiger partial charge on any atom is -0.480 e. The zero-order chi connectivity index (χ0) is 11.6. The van der Waals surface area contributed by atoms with Gasteiger partial charge in [-0.05, 0) is 13.3 Å². The monoisotopic (exact) mass is 224 g/mol. The lowest BCUT2D eigenvalue weighted by molar-refractivity contribution is -0.143. The zero-order valence-electron chi connectivity index (χ0n) is 8.73. The normalized spacial score (nSPS) is 16.6. The highest BCUT2D eigenvalue weighted by molar-refractivity contribution is 7.87. The molecule has 0 saturated carbocycles. The second-order valence-electron chi connectivity index (χ2n) is 3.38. The highest BCUT2D eigenvalue weighted by atomic mass is 32.2. The van der Waals surface area contributed by atoms with Crippen LogP contribution in [0.15, 0.2) is 0 Å². The second-order valence-corrected chi connectivity index (χ2v) is 5.26. The lowest BCUT2D eigenvalue weighted by Gasteiger charge is -2.26. The van der Waals surface area contributed by atoms with E-state index in [1.807, 2.05) is 0 Å². The highest BCUT2D eigenvalue weighted by Crippen LogP contribution is 2.11. The molecule has 0 aromatic carbocycles. The van der Waals surface area contributed by atoms with Gasteiger partial charge in [-0.1, -0.05) is 6.92 Å². The molecule has 0 spiro atoms. The summed E-state index contributed by atoms with van der Waals surface area (Å²) in [5.41, 5.74) is -1.46. The minimum absolute atomic E-state index is 0.176. The van der Waals surface area contributed by atoms with Gasteiger partial charge in [-0.2, -0.15) is 17.4 Å². The van der Waals surface area contributed by atoms with Crippen molar-refractivity contribution >= 4 is 16.2 Å². The van der Waals surface area contributed by atoms with Crippen LogP contribution >= 0.6 is 0 Å². The van der Waals surface area contributed by atoms with Crippen molar-refractivity contribution in [2.24, 2.45) is 0 Å². The standard InChI is InChI=1S/C7H16N2O4S/c1-5-7(2,6(10)11)8-14(12,13)9(3)4/h8H,5H2,1-4H3,(H,10,11). The fraction of sp³-hybridized carbons (Fsp3) is 0.857. The first-order chi connectivity index (χ1) is 6.15. The fourth-order valence-electron chi connectivity index (χ4n) is 0.643. The van der Waals surface area contributed by atoms with E-state index in [9.17, 15) is 13.2 Å². The van der Waals surface area contributed by atoms with Crippen molar-refractivity contribution in [2.75, 3.05) is 14.1 Å². The number of carboxylic acids is 1. The molecular formula is C7H16N2O4S. The zero-order valence-corrected chi connectivity index (χ0v) is 9.55. The molecule has 0 aromatic heterocycles. The van der Waals surface area contributed by atoms with Crippen molar-refractivity contribution in [1.29, 1.82) is 0 Å². The van der Waals surface area contributed by atoms with Gasteiger partial charge in [0.05, 0.1) is 0 Å². The van der Waals surface area contributed by atoms with Crippen molar-refractivity contribution in [3.8, 4) is 0 Å². The lowest BCUT2D eigenvalue weighted by Crippen LogP contribution is -2.54. The third-order valence-electron chi connectivity index (χ3n) is 2.01. The maximum atomic E-state index is 11.4. The number of rotatable bonds is 5. The Kier molecular flexibility index (Phi) is 4.04. The highest BCUT2D eigenvalue weighted by Gasteiger charge is 2.36. The third kappa shape index (κ3) is 2.93. The van der Waals surface area contributed by atoms with Gasteiger partial charge in [0, 0.05) is 14.1 Å². The van der Waals surface area contributed by atoms with Gasteiger partial charge in [-0.3, -0.25) is 4.79 Å². The molecule has 1 unspecified atom stereocenters. The van der Waals surface area contributed by atoms with Crippen LogP contribution in [-0.4, -0.2) is 43.4 Å². The predicted molar refractivity (Wildman–Crippen MR) is 52.1 cm³/mol. The van der Waals surface area contributed by atoms with Crippen LogP contribution in [0.3, 0.4) is 0 Å². The van der Waals surface area contributed by atoms with Gasteiger partial charge < -0.3 is 5.11 Å². The molecule has 0 saturated heterocycles. The minimum atomic E-state index is -3.71. The summed E-state index contributed by atoms with van der Waals surface area (Å²) in [6, 6.07) is 0. The molecule has 0 aliphatic heterocycles. The average molecular weight is 224 g/mol. The van der Waals surface area contributed by atoms with Crippen molar-refractivity contribution < 1.29 is 18.3 Å². The van der Waals surface area contributed by atoms with Crippen LogP contribution in [0.25, 0.3) is 0 Å². The maximum Gasteiger partial charge on any atom is 0.324 e. The summed E-state index contributed by atoms with van der Waals surface area (Å²) in [5, 5.41) is 8.83.